The molecule has 4 nitrogen and oxygen atoms in total. The van der Waals surface area contributed by atoms with E-state index in [-0.39, 0.29) is 18.4 Å². The summed E-state index contributed by atoms with van der Waals surface area (Å²) in [6, 6.07) is 15.2. The van der Waals surface area contributed by atoms with Gasteiger partial charge in [0.2, 0.25) is 11.8 Å². The Morgan fingerprint density at radius 3 is 2.42 bits per heavy atom. The van der Waals surface area contributed by atoms with Crippen molar-refractivity contribution in [3.8, 4) is 0 Å². The van der Waals surface area contributed by atoms with E-state index < -0.39 is 0 Å². The molecule has 0 heterocycles. The third-order valence-electron chi connectivity index (χ3n) is 3.64. The van der Waals surface area contributed by atoms with Crippen molar-refractivity contribution in [1.82, 2.24) is 10.2 Å². The zero-order valence-corrected chi connectivity index (χ0v) is 14.6. The minimum absolute atomic E-state index is 0.0386. The summed E-state index contributed by atoms with van der Waals surface area (Å²) in [5.74, 6) is -0.314. The van der Waals surface area contributed by atoms with Gasteiger partial charge in [0, 0.05) is 25.0 Å². The molecular formula is C19H21ClN2O2. The number of benzene rings is 2. The minimum atomic E-state index is -0.187. The number of carbonyl (C=O) groups excluding carboxylic acids is 2. The lowest BCUT2D eigenvalue weighted by Gasteiger charge is -2.21. The first kappa shape index (κ1) is 18.0. The van der Waals surface area contributed by atoms with Crippen LogP contribution in [0.5, 0.6) is 0 Å². The molecule has 0 aliphatic heterocycles. The average Bonchev–Trinajstić information content (AvgIpc) is 2.53. The highest BCUT2D eigenvalue weighted by molar-refractivity contribution is 6.30. The van der Waals surface area contributed by atoms with Gasteiger partial charge in [-0.2, -0.15) is 0 Å². The van der Waals surface area contributed by atoms with Crippen LogP contribution in [-0.4, -0.2) is 23.3 Å². The zero-order chi connectivity index (χ0) is 17.5. The molecule has 0 fully saturated rings. The molecule has 0 saturated heterocycles. The Balaban J connectivity index is 1.91. The summed E-state index contributed by atoms with van der Waals surface area (Å²) in [6.45, 7) is 4.34. The van der Waals surface area contributed by atoms with Crippen molar-refractivity contribution in [3.05, 3.63) is 70.2 Å². The maximum atomic E-state index is 12.1. The Morgan fingerprint density at radius 1 is 1.08 bits per heavy atom. The lowest BCUT2D eigenvalue weighted by molar-refractivity contribution is -0.135. The summed E-state index contributed by atoms with van der Waals surface area (Å²) < 4.78 is 0. The molecule has 2 aromatic rings. The van der Waals surface area contributed by atoms with Gasteiger partial charge in [-0.25, -0.2) is 0 Å². The fraction of sp³-hybridized carbons (Fsp3) is 0.263. The molecule has 0 radical (unpaired) electrons. The Kier molecular flexibility index (Phi) is 6.38. The first-order chi connectivity index (χ1) is 11.4. The molecule has 2 amide bonds. The highest BCUT2D eigenvalue weighted by atomic mass is 35.5. The molecule has 2 aromatic carbocycles. The lowest BCUT2D eigenvalue weighted by atomic mass is 10.1. The van der Waals surface area contributed by atoms with E-state index in [4.69, 9.17) is 11.6 Å². The lowest BCUT2D eigenvalue weighted by Crippen LogP contribution is -2.39. The number of carbonyl (C=O) groups is 2. The van der Waals surface area contributed by atoms with Crippen LogP contribution in [0.3, 0.4) is 0 Å². The highest BCUT2D eigenvalue weighted by Crippen LogP contribution is 2.10. The molecule has 5 heteroatoms. The van der Waals surface area contributed by atoms with Crippen molar-refractivity contribution < 1.29 is 9.59 Å². The molecule has 0 atom stereocenters. The Labute approximate surface area is 147 Å². The number of aryl methyl sites for hydroxylation is 1. The van der Waals surface area contributed by atoms with Gasteiger partial charge in [0.15, 0.2) is 0 Å². The zero-order valence-electron chi connectivity index (χ0n) is 13.9. The number of amides is 2. The van der Waals surface area contributed by atoms with Gasteiger partial charge in [0.05, 0.1) is 6.54 Å². The summed E-state index contributed by atoms with van der Waals surface area (Å²) in [5.41, 5.74) is 3.10. The van der Waals surface area contributed by atoms with Crippen molar-refractivity contribution in [2.45, 2.75) is 26.9 Å². The van der Waals surface area contributed by atoms with E-state index in [0.29, 0.717) is 18.1 Å². The molecule has 0 aliphatic rings. The van der Waals surface area contributed by atoms with E-state index in [0.717, 1.165) is 16.7 Å². The standard InChI is InChI=1S/C19H21ClN2O2/c1-14-4-3-5-17(10-14)12-22(15(2)23)13-19(24)21-11-16-6-8-18(20)9-7-16/h3-10H,11-13H2,1-2H3,(H,21,24). The first-order valence-corrected chi connectivity index (χ1v) is 8.14. The Bertz CT molecular complexity index is 714. The van der Waals surface area contributed by atoms with Crippen molar-refractivity contribution in [1.29, 1.82) is 0 Å². The monoisotopic (exact) mass is 344 g/mol. The third kappa shape index (κ3) is 5.70. The van der Waals surface area contributed by atoms with Crippen LogP contribution in [0.15, 0.2) is 48.5 Å². The number of halogens is 1. The second kappa shape index (κ2) is 8.50. The van der Waals surface area contributed by atoms with Crippen LogP contribution in [0.1, 0.15) is 23.6 Å². The van der Waals surface area contributed by atoms with Gasteiger partial charge in [-0.3, -0.25) is 9.59 Å². The second-order valence-corrected chi connectivity index (χ2v) is 6.20. The molecule has 24 heavy (non-hydrogen) atoms. The Hall–Kier alpha value is -2.33. The van der Waals surface area contributed by atoms with Crippen molar-refractivity contribution in [2.24, 2.45) is 0 Å². The molecule has 2 rings (SSSR count). The number of nitrogens with one attached hydrogen (secondary N) is 1. The van der Waals surface area contributed by atoms with E-state index in [2.05, 4.69) is 5.32 Å². The van der Waals surface area contributed by atoms with Gasteiger partial charge in [-0.1, -0.05) is 53.6 Å². The van der Waals surface area contributed by atoms with E-state index in [9.17, 15) is 9.59 Å². The molecule has 0 spiro atoms. The second-order valence-electron chi connectivity index (χ2n) is 5.77. The van der Waals surface area contributed by atoms with Crippen molar-refractivity contribution in [2.75, 3.05) is 6.54 Å². The highest BCUT2D eigenvalue weighted by Gasteiger charge is 2.14. The third-order valence-corrected chi connectivity index (χ3v) is 3.89. The molecule has 0 aromatic heterocycles. The van der Waals surface area contributed by atoms with Crippen LogP contribution in [0, 0.1) is 6.92 Å². The largest absolute Gasteiger partial charge is 0.350 e. The summed E-state index contributed by atoms with van der Waals surface area (Å²) in [7, 11) is 0. The van der Waals surface area contributed by atoms with Gasteiger partial charge in [0.1, 0.15) is 0 Å². The first-order valence-electron chi connectivity index (χ1n) is 7.76. The average molecular weight is 345 g/mol. The smallest absolute Gasteiger partial charge is 0.239 e. The normalized spacial score (nSPS) is 10.3. The predicted molar refractivity (Wildman–Crippen MR) is 95.6 cm³/mol. The number of hydrogen-bond donors (Lipinski definition) is 1. The quantitative estimate of drug-likeness (QED) is 0.874. The van der Waals surface area contributed by atoms with Crippen LogP contribution in [0.4, 0.5) is 0 Å². The molecule has 1 N–H and O–H groups in total. The fourth-order valence-electron chi connectivity index (χ4n) is 2.34. The van der Waals surface area contributed by atoms with E-state index in [1.165, 1.54) is 11.8 Å². The van der Waals surface area contributed by atoms with Gasteiger partial charge in [0.25, 0.3) is 0 Å². The summed E-state index contributed by atoms with van der Waals surface area (Å²) in [5, 5.41) is 3.48. The SMILES string of the molecule is CC(=O)N(CC(=O)NCc1ccc(Cl)cc1)Cc1cccc(C)c1. The van der Waals surface area contributed by atoms with E-state index in [1.54, 1.807) is 12.1 Å². The van der Waals surface area contributed by atoms with Gasteiger partial charge in [-0.05, 0) is 30.2 Å². The van der Waals surface area contributed by atoms with Crippen LogP contribution in [-0.2, 0) is 22.7 Å². The Morgan fingerprint density at radius 2 is 1.79 bits per heavy atom. The summed E-state index contributed by atoms with van der Waals surface area (Å²) in [6.07, 6.45) is 0. The van der Waals surface area contributed by atoms with Crippen LogP contribution >= 0.6 is 11.6 Å². The van der Waals surface area contributed by atoms with E-state index >= 15 is 0 Å². The maximum Gasteiger partial charge on any atom is 0.239 e. The molecular weight excluding hydrogens is 324 g/mol. The number of nitrogens with zero attached hydrogens (tertiary/aromatic N) is 1. The summed E-state index contributed by atoms with van der Waals surface area (Å²) >= 11 is 5.83. The van der Waals surface area contributed by atoms with Crippen LogP contribution in [0.2, 0.25) is 5.02 Å². The maximum absolute atomic E-state index is 12.1. The fourth-order valence-corrected chi connectivity index (χ4v) is 2.47. The van der Waals surface area contributed by atoms with Gasteiger partial charge in [-0.15, -0.1) is 0 Å². The van der Waals surface area contributed by atoms with Gasteiger partial charge < -0.3 is 10.2 Å². The van der Waals surface area contributed by atoms with E-state index in [1.807, 2.05) is 43.3 Å². The molecule has 126 valence electrons. The summed E-state index contributed by atoms with van der Waals surface area (Å²) in [4.78, 5) is 25.5. The topological polar surface area (TPSA) is 49.4 Å². The molecule has 0 aliphatic carbocycles. The predicted octanol–water partition coefficient (Wildman–Crippen LogP) is 3.31. The van der Waals surface area contributed by atoms with Crippen LogP contribution in [0.25, 0.3) is 0 Å². The molecule has 0 unspecified atom stereocenters. The van der Waals surface area contributed by atoms with Gasteiger partial charge >= 0.3 is 0 Å². The number of hydrogen-bond acceptors (Lipinski definition) is 2. The molecule has 0 bridgehead atoms. The minimum Gasteiger partial charge on any atom is -0.350 e. The van der Waals surface area contributed by atoms with Crippen LogP contribution < -0.4 is 5.32 Å². The molecule has 0 saturated carbocycles. The van der Waals surface area contributed by atoms with Crippen molar-refractivity contribution >= 4 is 23.4 Å². The van der Waals surface area contributed by atoms with Crippen molar-refractivity contribution in [3.63, 3.8) is 0 Å². The number of rotatable bonds is 6.